The third kappa shape index (κ3) is 3.19. The predicted molar refractivity (Wildman–Crippen MR) is 68.1 cm³/mol. The second kappa shape index (κ2) is 5.35. The summed E-state index contributed by atoms with van der Waals surface area (Å²) in [5.41, 5.74) is 5.28. The van der Waals surface area contributed by atoms with Crippen LogP contribution in [0.1, 0.15) is 17.7 Å². The van der Waals surface area contributed by atoms with Gasteiger partial charge in [0.1, 0.15) is 0 Å². The first-order valence-corrected chi connectivity index (χ1v) is 6.69. The summed E-state index contributed by atoms with van der Waals surface area (Å²) >= 11 is 7.28. The number of halogens is 1. The molecule has 1 fully saturated rings. The standard InChI is InChI=1S/C11H15ClN2O2S/c12-9-2-1-8(17-9)7-14-10(15)11(13)3-5-16-6-4-11/h1-2H,3-7,13H2,(H,14,15). The van der Waals surface area contributed by atoms with Gasteiger partial charge in [0.25, 0.3) is 0 Å². The molecule has 2 heterocycles. The predicted octanol–water partition coefficient (Wildman–Crippen LogP) is 1.53. The number of amides is 1. The topological polar surface area (TPSA) is 64.4 Å². The number of rotatable bonds is 3. The average molecular weight is 275 g/mol. The van der Waals surface area contributed by atoms with Crippen molar-refractivity contribution in [2.24, 2.45) is 5.73 Å². The van der Waals surface area contributed by atoms with Crippen LogP contribution in [0.15, 0.2) is 12.1 Å². The number of hydrogen-bond acceptors (Lipinski definition) is 4. The molecule has 0 unspecified atom stereocenters. The first-order valence-electron chi connectivity index (χ1n) is 5.49. The summed E-state index contributed by atoms with van der Waals surface area (Å²) in [5.74, 6) is -0.106. The first-order chi connectivity index (χ1) is 8.10. The van der Waals surface area contributed by atoms with Crippen molar-refractivity contribution in [3.05, 3.63) is 21.3 Å². The zero-order chi connectivity index (χ0) is 12.3. The highest BCUT2D eigenvalue weighted by Gasteiger charge is 2.35. The molecular formula is C11H15ClN2O2S. The zero-order valence-corrected chi connectivity index (χ0v) is 10.9. The van der Waals surface area contributed by atoms with Crippen LogP contribution >= 0.6 is 22.9 Å². The van der Waals surface area contributed by atoms with E-state index in [2.05, 4.69) is 5.32 Å². The van der Waals surface area contributed by atoms with Gasteiger partial charge in [-0.1, -0.05) is 11.6 Å². The number of ether oxygens (including phenoxy) is 1. The minimum absolute atomic E-state index is 0.106. The lowest BCUT2D eigenvalue weighted by Gasteiger charge is -2.31. The number of nitrogens with two attached hydrogens (primary N) is 1. The minimum atomic E-state index is -0.778. The molecule has 1 amide bonds. The first kappa shape index (κ1) is 12.8. The van der Waals surface area contributed by atoms with E-state index in [1.165, 1.54) is 11.3 Å². The van der Waals surface area contributed by atoms with Crippen LogP contribution in [0.4, 0.5) is 0 Å². The van der Waals surface area contributed by atoms with Crippen LogP contribution in [0, 0.1) is 0 Å². The molecule has 17 heavy (non-hydrogen) atoms. The summed E-state index contributed by atoms with van der Waals surface area (Å²) in [6.45, 7) is 1.58. The summed E-state index contributed by atoms with van der Waals surface area (Å²) in [4.78, 5) is 13.0. The molecule has 94 valence electrons. The molecular weight excluding hydrogens is 260 g/mol. The van der Waals surface area contributed by atoms with Crippen molar-refractivity contribution in [3.8, 4) is 0 Å². The molecule has 0 radical (unpaired) electrons. The molecule has 4 nitrogen and oxygen atoms in total. The third-order valence-corrected chi connectivity index (χ3v) is 4.12. The molecule has 0 aromatic carbocycles. The van der Waals surface area contributed by atoms with E-state index in [1.54, 1.807) is 0 Å². The van der Waals surface area contributed by atoms with Crippen molar-refractivity contribution < 1.29 is 9.53 Å². The van der Waals surface area contributed by atoms with Gasteiger partial charge in [0, 0.05) is 18.1 Å². The van der Waals surface area contributed by atoms with Gasteiger partial charge in [-0.2, -0.15) is 0 Å². The van der Waals surface area contributed by atoms with E-state index in [9.17, 15) is 4.79 Å². The molecule has 0 saturated carbocycles. The maximum atomic E-state index is 12.0. The van der Waals surface area contributed by atoms with Gasteiger partial charge in [-0.25, -0.2) is 0 Å². The molecule has 1 aliphatic rings. The highest BCUT2D eigenvalue weighted by atomic mass is 35.5. The number of carbonyl (C=O) groups is 1. The Hall–Kier alpha value is -0.620. The fraction of sp³-hybridized carbons (Fsp3) is 0.545. The smallest absolute Gasteiger partial charge is 0.240 e. The molecule has 0 bridgehead atoms. The van der Waals surface area contributed by atoms with Crippen LogP contribution in [0.2, 0.25) is 4.34 Å². The van der Waals surface area contributed by atoms with Crippen molar-refractivity contribution in [1.82, 2.24) is 5.32 Å². The molecule has 2 rings (SSSR count). The fourth-order valence-corrected chi connectivity index (χ4v) is 2.78. The summed E-state index contributed by atoms with van der Waals surface area (Å²) in [7, 11) is 0. The van der Waals surface area contributed by atoms with E-state index in [1.807, 2.05) is 12.1 Å². The molecule has 6 heteroatoms. The lowest BCUT2D eigenvalue weighted by atomic mass is 9.90. The average Bonchev–Trinajstić information content (AvgIpc) is 2.73. The maximum Gasteiger partial charge on any atom is 0.240 e. The molecule has 0 atom stereocenters. The number of carbonyl (C=O) groups excluding carboxylic acids is 1. The quantitative estimate of drug-likeness (QED) is 0.878. The molecule has 1 aromatic heterocycles. The van der Waals surface area contributed by atoms with Gasteiger partial charge in [-0.05, 0) is 25.0 Å². The fourth-order valence-electron chi connectivity index (χ4n) is 1.75. The molecule has 3 N–H and O–H groups in total. The Bertz CT molecular complexity index is 402. The van der Waals surface area contributed by atoms with Gasteiger partial charge in [-0.3, -0.25) is 4.79 Å². The van der Waals surface area contributed by atoms with Crippen LogP contribution in [-0.2, 0) is 16.1 Å². The highest BCUT2D eigenvalue weighted by molar-refractivity contribution is 7.16. The lowest BCUT2D eigenvalue weighted by Crippen LogP contribution is -2.56. The third-order valence-electron chi connectivity index (χ3n) is 2.89. The van der Waals surface area contributed by atoms with Crippen LogP contribution < -0.4 is 11.1 Å². The zero-order valence-electron chi connectivity index (χ0n) is 9.37. The molecule has 0 aliphatic carbocycles. The summed E-state index contributed by atoms with van der Waals surface area (Å²) in [5, 5.41) is 2.85. The summed E-state index contributed by atoms with van der Waals surface area (Å²) in [6, 6.07) is 3.72. The van der Waals surface area contributed by atoms with Crippen molar-refractivity contribution in [3.63, 3.8) is 0 Å². The second-order valence-electron chi connectivity index (χ2n) is 4.16. The maximum absolute atomic E-state index is 12.0. The SMILES string of the molecule is NC1(C(=O)NCc2ccc(Cl)s2)CCOCC1. The molecule has 1 aliphatic heterocycles. The summed E-state index contributed by atoms with van der Waals surface area (Å²) in [6.07, 6.45) is 1.15. The monoisotopic (exact) mass is 274 g/mol. The largest absolute Gasteiger partial charge is 0.381 e. The van der Waals surface area contributed by atoms with Crippen molar-refractivity contribution in [2.45, 2.75) is 24.9 Å². The van der Waals surface area contributed by atoms with Crippen molar-refractivity contribution >= 4 is 28.8 Å². The van der Waals surface area contributed by atoms with Gasteiger partial charge in [0.15, 0.2) is 0 Å². The van der Waals surface area contributed by atoms with Crippen molar-refractivity contribution in [2.75, 3.05) is 13.2 Å². The van der Waals surface area contributed by atoms with Gasteiger partial charge in [-0.15, -0.1) is 11.3 Å². The van der Waals surface area contributed by atoms with E-state index in [0.717, 1.165) is 9.21 Å². The summed E-state index contributed by atoms with van der Waals surface area (Å²) < 4.78 is 5.93. The Morgan fingerprint density at radius 1 is 1.53 bits per heavy atom. The second-order valence-corrected chi connectivity index (χ2v) is 5.96. The van der Waals surface area contributed by atoms with Gasteiger partial charge < -0.3 is 15.8 Å². The Morgan fingerprint density at radius 2 is 2.24 bits per heavy atom. The Kier molecular flexibility index (Phi) is 4.04. The van der Waals surface area contributed by atoms with Crippen LogP contribution in [-0.4, -0.2) is 24.7 Å². The Balaban J connectivity index is 1.88. The van der Waals surface area contributed by atoms with Crippen molar-refractivity contribution in [1.29, 1.82) is 0 Å². The Morgan fingerprint density at radius 3 is 2.82 bits per heavy atom. The van der Waals surface area contributed by atoms with Gasteiger partial charge in [0.05, 0.1) is 16.4 Å². The van der Waals surface area contributed by atoms with E-state index in [0.29, 0.717) is 32.6 Å². The lowest BCUT2D eigenvalue weighted by molar-refractivity contribution is -0.129. The van der Waals surface area contributed by atoms with E-state index < -0.39 is 5.54 Å². The Labute approximate surface area is 109 Å². The van der Waals surface area contributed by atoms with E-state index in [4.69, 9.17) is 22.1 Å². The van der Waals surface area contributed by atoms with Gasteiger partial charge >= 0.3 is 0 Å². The van der Waals surface area contributed by atoms with Gasteiger partial charge in [0.2, 0.25) is 5.91 Å². The normalized spacial score (nSPS) is 18.9. The molecule has 1 aromatic rings. The van der Waals surface area contributed by atoms with Crippen LogP contribution in [0.25, 0.3) is 0 Å². The van der Waals surface area contributed by atoms with E-state index in [-0.39, 0.29) is 5.91 Å². The number of nitrogens with one attached hydrogen (secondary N) is 1. The highest BCUT2D eigenvalue weighted by Crippen LogP contribution is 2.22. The van der Waals surface area contributed by atoms with E-state index >= 15 is 0 Å². The molecule has 1 saturated heterocycles. The molecule has 0 spiro atoms. The van der Waals surface area contributed by atoms with Crippen LogP contribution in [0.3, 0.4) is 0 Å². The minimum Gasteiger partial charge on any atom is -0.381 e. The van der Waals surface area contributed by atoms with Crippen LogP contribution in [0.5, 0.6) is 0 Å². The number of thiophene rings is 1. The number of hydrogen-bond donors (Lipinski definition) is 2.